The number of hydrogen-bond acceptors (Lipinski definition) is 7. The van der Waals surface area contributed by atoms with Gasteiger partial charge in [-0.15, -0.1) is 0 Å². The summed E-state index contributed by atoms with van der Waals surface area (Å²) in [4.78, 5) is 37.5. The summed E-state index contributed by atoms with van der Waals surface area (Å²) in [6.45, 7) is 4.92. The lowest BCUT2D eigenvalue weighted by Crippen LogP contribution is -2.40. The first-order valence-corrected chi connectivity index (χ1v) is 32.2. The Morgan fingerprint density at radius 1 is 0.400 bits per heavy atom. The number of esters is 2. The van der Waals surface area contributed by atoms with Crippen molar-refractivity contribution in [1.82, 2.24) is 0 Å². The first-order chi connectivity index (χ1) is 36.6. The second-order valence-corrected chi connectivity index (χ2v) is 23.1. The average molecular weight is 1060 g/mol. The molecule has 0 bridgehead atoms. The summed E-state index contributed by atoms with van der Waals surface area (Å²) in [5.41, 5.74) is 0. The van der Waals surface area contributed by atoms with Gasteiger partial charge >= 0.3 is 17.9 Å². The highest BCUT2D eigenvalue weighted by Crippen LogP contribution is 2.17. The summed E-state index contributed by atoms with van der Waals surface area (Å²) in [5, 5.41) is 9.72. The number of nitrogens with zero attached hydrogens (tertiary/aromatic N) is 1. The van der Waals surface area contributed by atoms with Gasteiger partial charge < -0.3 is 28.5 Å². The predicted octanol–water partition coefficient (Wildman–Crippen LogP) is 19.2. The summed E-state index contributed by atoms with van der Waals surface area (Å²) in [6.07, 6.45) is 68.0. The van der Waals surface area contributed by atoms with Crippen LogP contribution in [0.3, 0.4) is 0 Å². The molecule has 440 valence electrons. The number of carboxylic acids is 1. The molecule has 0 amide bonds. The van der Waals surface area contributed by atoms with Gasteiger partial charge in [0.1, 0.15) is 13.2 Å². The Labute approximate surface area is 464 Å². The monoisotopic (exact) mass is 1060 g/mol. The molecule has 75 heavy (non-hydrogen) atoms. The van der Waals surface area contributed by atoms with E-state index >= 15 is 0 Å². The van der Waals surface area contributed by atoms with Crippen molar-refractivity contribution >= 4 is 17.9 Å². The molecular weight excluding hydrogens is 935 g/mol. The Kier molecular flexibility index (Phi) is 55.8. The lowest BCUT2D eigenvalue weighted by atomic mass is 10.0. The highest BCUT2D eigenvalue weighted by atomic mass is 16.7. The Bertz CT molecular complexity index is 1320. The van der Waals surface area contributed by atoms with Gasteiger partial charge in [-0.25, -0.2) is 4.79 Å². The minimum atomic E-state index is -1.51. The fourth-order valence-electron chi connectivity index (χ4n) is 9.39. The normalized spacial score (nSPS) is 12.9. The number of likely N-dealkylation sites (N-methyl/N-ethyl adjacent to an activating group) is 1. The minimum absolute atomic E-state index is 0.179. The molecule has 0 aromatic carbocycles. The first-order valence-electron chi connectivity index (χ1n) is 32.2. The Hall–Kier alpha value is -2.49. The lowest BCUT2D eigenvalue weighted by molar-refractivity contribution is -0.870. The van der Waals surface area contributed by atoms with Crippen LogP contribution in [0.5, 0.6) is 0 Å². The quantitative estimate of drug-likeness (QED) is 0.0211. The number of carbonyl (C=O) groups excluding carboxylic acids is 2. The third-order valence-electron chi connectivity index (χ3n) is 14.4. The van der Waals surface area contributed by atoms with Gasteiger partial charge in [-0.05, 0) is 70.6 Å². The van der Waals surface area contributed by atoms with E-state index in [1.54, 1.807) is 0 Å². The van der Waals surface area contributed by atoms with Gasteiger partial charge in [-0.1, -0.05) is 262 Å². The zero-order chi connectivity index (χ0) is 54.8. The summed E-state index contributed by atoms with van der Waals surface area (Å²) in [5.74, 6) is -1.99. The van der Waals surface area contributed by atoms with Crippen LogP contribution in [-0.2, 0) is 33.3 Å². The molecule has 0 aromatic rings. The maximum Gasteiger partial charge on any atom is 0.361 e. The maximum atomic E-state index is 12.9. The molecule has 0 spiro atoms. The number of quaternary nitrogens is 1. The molecule has 0 rings (SSSR count). The van der Waals surface area contributed by atoms with Crippen LogP contribution in [0.2, 0.25) is 0 Å². The van der Waals surface area contributed by atoms with Gasteiger partial charge in [-0.3, -0.25) is 9.59 Å². The number of ether oxygens (including phenoxy) is 4. The van der Waals surface area contributed by atoms with Crippen molar-refractivity contribution in [2.24, 2.45) is 0 Å². The highest BCUT2D eigenvalue weighted by molar-refractivity contribution is 5.71. The molecular formula is C66H124NO8+. The molecule has 9 nitrogen and oxygen atoms in total. The second-order valence-electron chi connectivity index (χ2n) is 23.1. The summed E-state index contributed by atoms with van der Waals surface area (Å²) in [6, 6.07) is 0. The van der Waals surface area contributed by atoms with Gasteiger partial charge in [0.25, 0.3) is 6.29 Å². The highest BCUT2D eigenvalue weighted by Gasteiger charge is 2.25. The number of unbranched alkanes of at least 4 members (excludes halogenated alkanes) is 39. The molecule has 0 aliphatic rings. The van der Waals surface area contributed by atoms with E-state index < -0.39 is 24.3 Å². The van der Waals surface area contributed by atoms with Crippen LogP contribution in [0.1, 0.15) is 309 Å². The molecule has 0 aromatic heterocycles. The van der Waals surface area contributed by atoms with Gasteiger partial charge in [0.2, 0.25) is 0 Å². The number of rotatable bonds is 60. The van der Waals surface area contributed by atoms with Crippen LogP contribution in [0, 0.1) is 0 Å². The van der Waals surface area contributed by atoms with Crippen molar-refractivity contribution in [2.75, 3.05) is 47.5 Å². The van der Waals surface area contributed by atoms with Crippen molar-refractivity contribution in [2.45, 2.75) is 322 Å². The van der Waals surface area contributed by atoms with E-state index in [4.69, 9.17) is 18.9 Å². The molecule has 0 heterocycles. The predicted molar refractivity (Wildman–Crippen MR) is 318 cm³/mol. The number of allylic oxidation sites excluding steroid dienone is 6. The van der Waals surface area contributed by atoms with Crippen LogP contribution >= 0.6 is 0 Å². The van der Waals surface area contributed by atoms with E-state index in [-0.39, 0.29) is 32.2 Å². The second kappa shape index (κ2) is 57.7. The molecule has 0 saturated heterocycles. The van der Waals surface area contributed by atoms with E-state index in [1.165, 1.54) is 238 Å². The van der Waals surface area contributed by atoms with Crippen molar-refractivity contribution in [3.63, 3.8) is 0 Å². The SMILES string of the molecule is CCCCCCC/C=C\C/C=C\CCCCCCCCCCCCCCCC(=O)OC(COC(=O)CCCCCCCCCCCCCCC/C=C\CCCCCCCCCC)COC(OCC[N+](C)(C)C)C(=O)O. The lowest BCUT2D eigenvalue weighted by Gasteiger charge is -2.25. The number of carboxylic acid groups (broad SMARTS) is 1. The van der Waals surface area contributed by atoms with E-state index in [0.717, 1.165) is 44.9 Å². The Morgan fingerprint density at radius 2 is 0.720 bits per heavy atom. The van der Waals surface area contributed by atoms with Gasteiger partial charge in [0, 0.05) is 12.8 Å². The van der Waals surface area contributed by atoms with Crippen LogP contribution in [0.15, 0.2) is 36.5 Å². The summed E-state index contributed by atoms with van der Waals surface area (Å²) >= 11 is 0. The first kappa shape index (κ1) is 72.5. The molecule has 0 fully saturated rings. The van der Waals surface area contributed by atoms with E-state index in [2.05, 4.69) is 50.3 Å². The molecule has 2 atom stereocenters. The molecule has 2 unspecified atom stereocenters. The summed E-state index contributed by atoms with van der Waals surface area (Å²) < 4.78 is 23.0. The van der Waals surface area contributed by atoms with Crippen molar-refractivity contribution < 1.29 is 42.9 Å². The molecule has 1 N–H and O–H groups in total. The van der Waals surface area contributed by atoms with E-state index in [0.29, 0.717) is 17.4 Å². The van der Waals surface area contributed by atoms with Gasteiger partial charge in [-0.2, -0.15) is 0 Å². The molecule has 0 aliphatic heterocycles. The standard InChI is InChI=1S/C66H123NO8/c1-6-8-10-12-14-16-18-20-22-24-26-28-30-32-34-36-38-40-42-44-46-48-50-52-54-56-63(68)73-60-62(61-74-66(65(70)71)72-59-58-67(3,4)5)75-64(69)57-55-53-51-49-47-45-43-41-39-37-35-33-31-29-27-25-23-21-19-17-15-13-11-9-7-2/h19,21,24-27,62,66H,6-18,20,22-23,28-61H2,1-5H3/p+1/b21-19-,26-24-,27-25-. The van der Waals surface area contributed by atoms with E-state index in [1.807, 2.05) is 21.1 Å². The van der Waals surface area contributed by atoms with Crippen LogP contribution in [-0.4, -0.2) is 87.4 Å². The molecule has 0 aliphatic carbocycles. The van der Waals surface area contributed by atoms with Gasteiger partial charge in [0.15, 0.2) is 6.10 Å². The number of aliphatic carboxylic acids is 1. The molecule has 0 radical (unpaired) electrons. The fraction of sp³-hybridized carbons (Fsp3) is 0.864. The van der Waals surface area contributed by atoms with Crippen LogP contribution in [0.25, 0.3) is 0 Å². The number of hydrogen-bond donors (Lipinski definition) is 1. The van der Waals surface area contributed by atoms with Crippen molar-refractivity contribution in [3.05, 3.63) is 36.5 Å². The third-order valence-corrected chi connectivity index (χ3v) is 14.4. The topological polar surface area (TPSA) is 108 Å². The van der Waals surface area contributed by atoms with Crippen molar-refractivity contribution in [3.8, 4) is 0 Å². The molecule has 9 heteroatoms. The van der Waals surface area contributed by atoms with Crippen molar-refractivity contribution in [1.29, 1.82) is 0 Å². The third kappa shape index (κ3) is 59.0. The van der Waals surface area contributed by atoms with E-state index in [9.17, 15) is 19.5 Å². The number of carbonyl (C=O) groups is 3. The largest absolute Gasteiger partial charge is 0.477 e. The Morgan fingerprint density at radius 3 is 1.07 bits per heavy atom. The molecule has 0 saturated carbocycles. The van der Waals surface area contributed by atoms with Crippen LogP contribution in [0.4, 0.5) is 0 Å². The minimum Gasteiger partial charge on any atom is -0.477 e. The Balaban J connectivity index is 4.15. The smallest absolute Gasteiger partial charge is 0.361 e. The summed E-state index contributed by atoms with van der Waals surface area (Å²) in [7, 11) is 5.98. The van der Waals surface area contributed by atoms with Crippen LogP contribution < -0.4 is 0 Å². The maximum absolute atomic E-state index is 12.9. The average Bonchev–Trinajstić information content (AvgIpc) is 3.38. The zero-order valence-electron chi connectivity index (χ0n) is 50.2. The fourth-order valence-corrected chi connectivity index (χ4v) is 9.39. The van der Waals surface area contributed by atoms with Gasteiger partial charge in [0.05, 0.1) is 34.4 Å². The zero-order valence-corrected chi connectivity index (χ0v) is 50.2.